The zero-order chi connectivity index (χ0) is 12.2. The van der Waals surface area contributed by atoms with E-state index in [4.69, 9.17) is 9.90 Å². The second-order valence-electron chi connectivity index (χ2n) is 2.74. The summed E-state index contributed by atoms with van der Waals surface area (Å²) in [6, 6.07) is 3.95. The molecule has 0 aliphatic heterocycles. The molecule has 0 atom stereocenters. The van der Waals surface area contributed by atoms with Crippen molar-refractivity contribution in [3.63, 3.8) is 0 Å². The summed E-state index contributed by atoms with van der Waals surface area (Å²) in [6.45, 7) is 0. The topological polar surface area (TPSA) is 66.0 Å². The quantitative estimate of drug-likeness (QED) is 0.731. The third-order valence-electron chi connectivity index (χ3n) is 1.57. The highest BCUT2D eigenvalue weighted by Crippen LogP contribution is 2.13. The third kappa shape index (κ3) is 3.26. The lowest BCUT2D eigenvalue weighted by Gasteiger charge is -1.93. The molecule has 4 nitrogen and oxygen atoms in total. The molecular weight excluding hydrogens is 225 g/mol. The van der Waals surface area contributed by atoms with Crippen molar-refractivity contribution in [3.05, 3.63) is 30.7 Å². The molecule has 0 saturated carbocycles. The molecule has 0 saturated heterocycles. The summed E-state index contributed by atoms with van der Waals surface area (Å²) in [5.74, 6) is -2.76. The van der Waals surface area contributed by atoms with E-state index in [2.05, 4.69) is 9.97 Å². The number of carboxylic acids is 1. The van der Waals surface area contributed by atoms with Crippen LogP contribution in [0.5, 0.6) is 0 Å². The number of halogens is 3. The van der Waals surface area contributed by atoms with E-state index in [0.29, 0.717) is 0 Å². The molecule has 0 aliphatic rings. The van der Waals surface area contributed by atoms with Crippen LogP contribution in [0.3, 0.4) is 0 Å². The number of aromatic amines is 1. The average molecular weight is 232 g/mol. The number of hydrogen-bond acceptors (Lipinski definition) is 2. The number of alkyl halides is 3. The van der Waals surface area contributed by atoms with E-state index in [1.807, 2.05) is 24.5 Å². The third-order valence-corrected chi connectivity index (χ3v) is 1.57. The highest BCUT2D eigenvalue weighted by molar-refractivity contribution is 5.77. The first-order valence-electron chi connectivity index (χ1n) is 4.09. The van der Waals surface area contributed by atoms with E-state index in [1.165, 1.54) is 0 Å². The Morgan fingerprint density at radius 1 is 1.38 bits per heavy atom. The molecule has 2 N–H and O–H groups in total. The van der Waals surface area contributed by atoms with Crippen molar-refractivity contribution in [2.24, 2.45) is 0 Å². The smallest absolute Gasteiger partial charge is 0.475 e. The number of nitrogens with zero attached hydrogens (tertiary/aromatic N) is 1. The Labute approximate surface area is 87.7 Å². The van der Waals surface area contributed by atoms with E-state index in [0.717, 1.165) is 10.9 Å². The maximum atomic E-state index is 10.6. The minimum atomic E-state index is -5.08. The van der Waals surface area contributed by atoms with Crippen LogP contribution in [0.2, 0.25) is 0 Å². The predicted octanol–water partition coefficient (Wildman–Crippen LogP) is 2.20. The van der Waals surface area contributed by atoms with Gasteiger partial charge in [-0.15, -0.1) is 0 Å². The summed E-state index contributed by atoms with van der Waals surface area (Å²) in [4.78, 5) is 16.0. The Hall–Kier alpha value is -2.05. The van der Waals surface area contributed by atoms with E-state index >= 15 is 0 Å². The van der Waals surface area contributed by atoms with Gasteiger partial charge in [0.25, 0.3) is 0 Å². The number of carbonyl (C=O) groups is 1. The van der Waals surface area contributed by atoms with Crippen LogP contribution in [0.4, 0.5) is 13.2 Å². The second-order valence-corrected chi connectivity index (χ2v) is 2.74. The lowest BCUT2D eigenvalue weighted by molar-refractivity contribution is -0.192. The molecule has 86 valence electrons. The van der Waals surface area contributed by atoms with Crippen LogP contribution in [0, 0.1) is 0 Å². The van der Waals surface area contributed by atoms with Gasteiger partial charge < -0.3 is 10.1 Å². The number of pyridine rings is 1. The van der Waals surface area contributed by atoms with Gasteiger partial charge in [0.2, 0.25) is 0 Å². The summed E-state index contributed by atoms with van der Waals surface area (Å²) >= 11 is 0. The monoisotopic (exact) mass is 232 g/mol. The van der Waals surface area contributed by atoms with E-state index in [-0.39, 0.29) is 0 Å². The molecule has 0 unspecified atom stereocenters. The van der Waals surface area contributed by atoms with Gasteiger partial charge in [0, 0.05) is 24.0 Å². The van der Waals surface area contributed by atoms with Gasteiger partial charge in [0.05, 0.1) is 5.52 Å². The fraction of sp³-hybridized carbons (Fsp3) is 0.111. The average Bonchev–Trinajstić information content (AvgIpc) is 2.64. The lowest BCUT2D eigenvalue weighted by Crippen LogP contribution is -2.21. The summed E-state index contributed by atoms with van der Waals surface area (Å²) in [5, 5.41) is 8.29. The molecule has 2 aromatic heterocycles. The standard InChI is InChI=1S/C7H6N2.C2HF3O2/c1-2-6-4-8-5-7(6)9-3-1;3-2(4,5)1(6)7/h1-5,8H;(H,6,7). The van der Waals surface area contributed by atoms with Crippen molar-refractivity contribution < 1.29 is 23.1 Å². The lowest BCUT2D eigenvalue weighted by atomic mass is 10.3. The Morgan fingerprint density at radius 3 is 2.50 bits per heavy atom. The van der Waals surface area contributed by atoms with E-state index in [1.54, 1.807) is 6.20 Å². The van der Waals surface area contributed by atoms with Crippen LogP contribution in [-0.2, 0) is 4.79 Å². The fourth-order valence-corrected chi connectivity index (χ4v) is 0.883. The maximum absolute atomic E-state index is 10.6. The van der Waals surface area contributed by atoms with Crippen molar-refractivity contribution >= 4 is 16.9 Å². The summed E-state index contributed by atoms with van der Waals surface area (Å²) in [5.41, 5.74) is 1.03. The summed E-state index contributed by atoms with van der Waals surface area (Å²) in [7, 11) is 0. The number of H-pyrrole nitrogens is 1. The number of rotatable bonds is 0. The molecule has 0 radical (unpaired) electrons. The van der Waals surface area contributed by atoms with E-state index < -0.39 is 12.1 Å². The molecule has 0 aromatic carbocycles. The van der Waals surface area contributed by atoms with Gasteiger partial charge in [-0.3, -0.25) is 4.98 Å². The summed E-state index contributed by atoms with van der Waals surface area (Å²) in [6.07, 6.45) is 0.522. The van der Waals surface area contributed by atoms with Crippen molar-refractivity contribution in [1.82, 2.24) is 9.97 Å². The van der Waals surface area contributed by atoms with Crippen molar-refractivity contribution in [2.75, 3.05) is 0 Å². The molecule has 0 aliphatic carbocycles. The number of fused-ring (bicyclic) bond motifs is 1. The van der Waals surface area contributed by atoms with Gasteiger partial charge in [0.15, 0.2) is 0 Å². The van der Waals surface area contributed by atoms with Crippen LogP contribution in [0.15, 0.2) is 30.7 Å². The molecule has 2 rings (SSSR count). The van der Waals surface area contributed by atoms with Crippen LogP contribution in [-0.4, -0.2) is 27.2 Å². The number of carboxylic acid groups (broad SMARTS) is 1. The number of aromatic nitrogens is 2. The number of nitrogens with one attached hydrogen (secondary N) is 1. The molecule has 0 bridgehead atoms. The highest BCUT2D eigenvalue weighted by atomic mass is 19.4. The molecule has 7 heteroatoms. The molecule has 0 amide bonds. The van der Waals surface area contributed by atoms with Crippen molar-refractivity contribution in [1.29, 1.82) is 0 Å². The zero-order valence-corrected chi connectivity index (χ0v) is 7.82. The normalized spacial score (nSPS) is 10.7. The Bertz CT molecular complexity index is 449. The van der Waals surface area contributed by atoms with Crippen LogP contribution in [0.1, 0.15) is 0 Å². The van der Waals surface area contributed by atoms with Crippen molar-refractivity contribution in [3.8, 4) is 0 Å². The first-order valence-corrected chi connectivity index (χ1v) is 4.09. The van der Waals surface area contributed by atoms with Crippen molar-refractivity contribution in [2.45, 2.75) is 6.18 Å². The van der Waals surface area contributed by atoms with Crippen LogP contribution >= 0.6 is 0 Å². The zero-order valence-electron chi connectivity index (χ0n) is 7.82. The van der Waals surface area contributed by atoms with Gasteiger partial charge in [-0.05, 0) is 12.1 Å². The number of hydrogen-bond donors (Lipinski definition) is 2. The number of aliphatic carboxylic acids is 1. The Morgan fingerprint density at radius 2 is 2.00 bits per heavy atom. The highest BCUT2D eigenvalue weighted by Gasteiger charge is 2.38. The molecule has 16 heavy (non-hydrogen) atoms. The van der Waals surface area contributed by atoms with Gasteiger partial charge in [-0.2, -0.15) is 13.2 Å². The molecule has 2 aromatic rings. The van der Waals surface area contributed by atoms with Crippen LogP contribution < -0.4 is 0 Å². The molecule has 0 spiro atoms. The predicted molar refractivity (Wildman–Crippen MR) is 49.8 cm³/mol. The van der Waals surface area contributed by atoms with Crippen LogP contribution in [0.25, 0.3) is 10.9 Å². The fourth-order valence-electron chi connectivity index (χ4n) is 0.883. The van der Waals surface area contributed by atoms with Gasteiger partial charge in [-0.1, -0.05) is 0 Å². The molecule has 0 fully saturated rings. The Kier molecular flexibility index (Phi) is 3.49. The Balaban J connectivity index is 0.000000168. The minimum Gasteiger partial charge on any atom is -0.475 e. The van der Waals surface area contributed by atoms with E-state index in [9.17, 15) is 13.2 Å². The second kappa shape index (κ2) is 4.65. The van der Waals surface area contributed by atoms with Gasteiger partial charge in [0.1, 0.15) is 0 Å². The first-order chi connectivity index (χ1) is 7.41. The van der Waals surface area contributed by atoms with Gasteiger partial charge in [-0.25, -0.2) is 4.79 Å². The molecule has 2 heterocycles. The maximum Gasteiger partial charge on any atom is 0.490 e. The first kappa shape index (κ1) is 12.0. The minimum absolute atomic E-state index is 1.03. The van der Waals surface area contributed by atoms with Gasteiger partial charge >= 0.3 is 12.1 Å². The molecular formula is C9H7F3N2O2. The largest absolute Gasteiger partial charge is 0.490 e. The summed E-state index contributed by atoms with van der Waals surface area (Å²) < 4.78 is 31.7. The SMILES string of the molecule is O=C(O)C(F)(F)F.c1cnc2c[nH]cc2c1.